The summed E-state index contributed by atoms with van der Waals surface area (Å²) >= 11 is 0. The van der Waals surface area contributed by atoms with Gasteiger partial charge in [-0.25, -0.2) is 12.7 Å². The van der Waals surface area contributed by atoms with Crippen molar-refractivity contribution >= 4 is 16.0 Å². The minimum absolute atomic E-state index is 0.443. The Morgan fingerprint density at radius 3 is 2.45 bits per heavy atom. The van der Waals surface area contributed by atoms with Crippen LogP contribution in [0, 0.1) is 12.8 Å². The Balaban J connectivity index is 1.44. The van der Waals surface area contributed by atoms with Gasteiger partial charge in [0, 0.05) is 51.9 Å². The van der Waals surface area contributed by atoms with Crippen molar-refractivity contribution in [3.63, 3.8) is 0 Å². The molecule has 3 rings (SSSR count). The summed E-state index contributed by atoms with van der Waals surface area (Å²) in [5, 5.41) is 7.01. The number of nitrogens with zero attached hydrogens (tertiary/aromatic N) is 3. The fraction of sp³-hybridized carbons (Fsp3) is 0.696. The predicted molar refractivity (Wildman–Crippen MR) is 128 cm³/mol. The van der Waals surface area contributed by atoms with Crippen LogP contribution in [-0.4, -0.2) is 75.1 Å². The Labute approximate surface area is 188 Å². The van der Waals surface area contributed by atoms with Crippen LogP contribution in [-0.2, 0) is 16.6 Å². The van der Waals surface area contributed by atoms with Crippen LogP contribution in [0.25, 0.3) is 0 Å². The normalized spacial score (nSPS) is 20.7. The molecule has 31 heavy (non-hydrogen) atoms. The van der Waals surface area contributed by atoms with Crippen molar-refractivity contribution in [1.82, 2.24) is 19.8 Å². The molecule has 174 valence electrons. The van der Waals surface area contributed by atoms with Crippen LogP contribution in [0.3, 0.4) is 0 Å². The van der Waals surface area contributed by atoms with Gasteiger partial charge in [-0.15, -0.1) is 0 Å². The monoisotopic (exact) mass is 449 g/mol. The average Bonchev–Trinajstić information content (AvgIpc) is 2.73. The highest BCUT2D eigenvalue weighted by Gasteiger charge is 2.25. The highest BCUT2D eigenvalue weighted by atomic mass is 32.2. The van der Waals surface area contributed by atoms with Gasteiger partial charge in [-0.1, -0.05) is 29.8 Å². The number of guanidine groups is 1. The van der Waals surface area contributed by atoms with Gasteiger partial charge in [0.25, 0.3) is 0 Å². The first-order valence-electron chi connectivity index (χ1n) is 11.6. The van der Waals surface area contributed by atoms with Crippen LogP contribution in [0.5, 0.6) is 0 Å². The number of rotatable bonds is 7. The largest absolute Gasteiger partial charge is 0.357 e. The lowest BCUT2D eigenvalue weighted by molar-refractivity contribution is 0.198. The highest BCUT2D eigenvalue weighted by Crippen LogP contribution is 2.19. The van der Waals surface area contributed by atoms with Gasteiger partial charge in [0.2, 0.25) is 10.0 Å². The summed E-state index contributed by atoms with van der Waals surface area (Å²) in [4.78, 5) is 7.36. The second kappa shape index (κ2) is 11.3. The van der Waals surface area contributed by atoms with Crippen LogP contribution < -0.4 is 10.6 Å². The third kappa shape index (κ3) is 7.77. The molecule has 2 saturated heterocycles. The molecule has 2 heterocycles. The molecule has 0 saturated carbocycles. The zero-order valence-corrected chi connectivity index (χ0v) is 20.1. The fourth-order valence-corrected chi connectivity index (χ4v) is 5.34. The van der Waals surface area contributed by atoms with Crippen LogP contribution in [0.15, 0.2) is 29.3 Å². The predicted octanol–water partition coefficient (Wildman–Crippen LogP) is 2.19. The second-order valence-electron chi connectivity index (χ2n) is 9.01. The fourth-order valence-electron chi connectivity index (χ4n) is 4.46. The number of benzene rings is 1. The molecule has 0 unspecified atom stereocenters. The van der Waals surface area contributed by atoms with E-state index in [1.54, 1.807) is 4.31 Å². The average molecular weight is 450 g/mol. The van der Waals surface area contributed by atoms with Gasteiger partial charge < -0.3 is 10.6 Å². The third-order valence-corrected chi connectivity index (χ3v) is 7.61. The van der Waals surface area contributed by atoms with Crippen molar-refractivity contribution in [3.05, 3.63) is 35.4 Å². The number of aryl methyl sites for hydroxylation is 1. The quantitative estimate of drug-likeness (QED) is 0.493. The van der Waals surface area contributed by atoms with Crippen LogP contribution in [0.2, 0.25) is 0 Å². The van der Waals surface area contributed by atoms with Gasteiger partial charge in [-0.05, 0) is 51.0 Å². The Morgan fingerprint density at radius 2 is 1.84 bits per heavy atom. The minimum Gasteiger partial charge on any atom is -0.357 e. The molecule has 8 heteroatoms. The maximum atomic E-state index is 11.7. The van der Waals surface area contributed by atoms with Gasteiger partial charge in [0.1, 0.15) is 0 Å². The summed E-state index contributed by atoms with van der Waals surface area (Å²) < 4.78 is 24.9. The summed E-state index contributed by atoms with van der Waals surface area (Å²) in [6, 6.07) is 9.23. The van der Waals surface area contributed by atoms with E-state index in [-0.39, 0.29) is 0 Å². The van der Waals surface area contributed by atoms with Crippen molar-refractivity contribution in [1.29, 1.82) is 0 Å². The number of nitrogens with one attached hydrogen (secondary N) is 2. The molecule has 2 fully saturated rings. The van der Waals surface area contributed by atoms with E-state index in [9.17, 15) is 8.42 Å². The summed E-state index contributed by atoms with van der Waals surface area (Å²) in [7, 11) is -3.07. The number of sulfonamides is 1. The Kier molecular flexibility index (Phi) is 8.75. The molecule has 0 aliphatic carbocycles. The first kappa shape index (κ1) is 24.0. The van der Waals surface area contributed by atoms with E-state index in [4.69, 9.17) is 4.99 Å². The molecule has 0 atom stereocenters. The number of likely N-dealkylation sites (tertiary alicyclic amines) is 1. The molecule has 0 radical (unpaired) electrons. The smallest absolute Gasteiger partial charge is 0.211 e. The van der Waals surface area contributed by atoms with Crippen LogP contribution in [0.4, 0.5) is 0 Å². The van der Waals surface area contributed by atoms with Crippen LogP contribution >= 0.6 is 0 Å². The lowest BCUT2D eigenvalue weighted by atomic mass is 9.98. The standard InChI is InChI=1S/C23H39N5O2S/c1-4-24-23(25-17-20-8-14-28(15-9-20)31(3,29)30)26-22-10-12-27(13-11-22)18-21-7-5-6-19(2)16-21/h5-7,16,20,22H,4,8-15,17-18H2,1-3H3,(H2,24,25,26). The van der Waals surface area contributed by atoms with E-state index in [0.717, 1.165) is 64.4 Å². The Bertz CT molecular complexity index is 826. The molecule has 2 N–H and O–H groups in total. The van der Waals surface area contributed by atoms with Gasteiger partial charge in [0.05, 0.1) is 6.26 Å². The van der Waals surface area contributed by atoms with Gasteiger partial charge in [-0.3, -0.25) is 9.89 Å². The summed E-state index contributed by atoms with van der Waals surface area (Å²) in [5.74, 6) is 1.34. The maximum Gasteiger partial charge on any atom is 0.211 e. The molecule has 7 nitrogen and oxygen atoms in total. The van der Waals surface area contributed by atoms with E-state index in [1.807, 2.05) is 0 Å². The minimum atomic E-state index is -3.07. The van der Waals surface area contributed by atoms with Crippen LogP contribution in [0.1, 0.15) is 43.7 Å². The number of aliphatic imine (C=N–C) groups is 1. The molecule has 0 bridgehead atoms. The van der Waals surface area contributed by atoms with Gasteiger partial charge >= 0.3 is 0 Å². The van der Waals surface area contributed by atoms with E-state index < -0.39 is 10.0 Å². The highest BCUT2D eigenvalue weighted by molar-refractivity contribution is 7.88. The lowest BCUT2D eigenvalue weighted by Crippen LogP contribution is -2.48. The molecular formula is C23H39N5O2S. The number of piperidine rings is 2. The Morgan fingerprint density at radius 1 is 1.13 bits per heavy atom. The van der Waals surface area contributed by atoms with E-state index in [1.165, 1.54) is 17.4 Å². The van der Waals surface area contributed by atoms with Gasteiger partial charge in [0.15, 0.2) is 5.96 Å². The second-order valence-corrected chi connectivity index (χ2v) is 11.0. The Hall–Kier alpha value is -1.64. The molecule has 2 aliphatic heterocycles. The van der Waals surface area contributed by atoms with Crippen molar-refractivity contribution in [2.45, 2.75) is 52.1 Å². The molecular weight excluding hydrogens is 410 g/mol. The van der Waals surface area contributed by atoms with Crippen molar-refractivity contribution < 1.29 is 8.42 Å². The molecule has 0 spiro atoms. The van der Waals surface area contributed by atoms with Crippen molar-refractivity contribution in [3.8, 4) is 0 Å². The third-order valence-electron chi connectivity index (χ3n) is 6.31. The first-order valence-corrected chi connectivity index (χ1v) is 13.5. The van der Waals surface area contributed by atoms with E-state index in [0.29, 0.717) is 25.0 Å². The molecule has 2 aliphatic rings. The molecule has 0 aromatic heterocycles. The lowest BCUT2D eigenvalue weighted by Gasteiger charge is -2.33. The first-order chi connectivity index (χ1) is 14.8. The van der Waals surface area contributed by atoms with Crippen molar-refractivity contribution in [2.75, 3.05) is 45.5 Å². The number of hydrogen-bond donors (Lipinski definition) is 2. The zero-order chi connectivity index (χ0) is 22.3. The summed E-state index contributed by atoms with van der Waals surface area (Å²) in [6.45, 7) is 10.3. The SMILES string of the molecule is CCNC(=NCC1CCN(S(C)(=O)=O)CC1)NC1CCN(Cc2cccc(C)c2)CC1. The number of hydrogen-bond acceptors (Lipinski definition) is 4. The van der Waals surface area contributed by atoms with Gasteiger partial charge in [-0.2, -0.15) is 0 Å². The zero-order valence-electron chi connectivity index (χ0n) is 19.3. The molecule has 1 aromatic rings. The summed E-state index contributed by atoms with van der Waals surface area (Å²) in [5.41, 5.74) is 2.71. The van der Waals surface area contributed by atoms with E-state index >= 15 is 0 Å². The topological polar surface area (TPSA) is 77.0 Å². The van der Waals surface area contributed by atoms with E-state index in [2.05, 4.69) is 53.6 Å². The van der Waals surface area contributed by atoms with Crippen molar-refractivity contribution in [2.24, 2.45) is 10.9 Å². The molecule has 1 aromatic carbocycles. The summed E-state index contributed by atoms with van der Waals surface area (Å²) in [6.07, 6.45) is 5.29. The maximum absolute atomic E-state index is 11.7. The molecule has 0 amide bonds.